The fourth-order valence-corrected chi connectivity index (χ4v) is 11.6. The van der Waals surface area contributed by atoms with Gasteiger partial charge >= 0.3 is 20.0 Å². The topological polar surface area (TPSA) is 124 Å². The number of fused-ring (bicyclic) bond motifs is 5. The van der Waals surface area contributed by atoms with Crippen molar-refractivity contribution in [1.29, 1.82) is 0 Å². The van der Waals surface area contributed by atoms with Crippen LogP contribution in [0.4, 0.5) is 9.59 Å². The number of ether oxygens (including phenoxy) is 2. The lowest BCUT2D eigenvalue weighted by Gasteiger charge is -2.58. The molecule has 0 aromatic heterocycles. The molecule has 3 saturated carbocycles. The van der Waals surface area contributed by atoms with E-state index in [1.807, 2.05) is 35.0 Å². The zero-order valence-electron chi connectivity index (χ0n) is 36.3. The Labute approximate surface area is 333 Å². The molecule has 0 aromatic carbocycles. The summed E-state index contributed by atoms with van der Waals surface area (Å²) in [5, 5.41) is 2.40. The van der Waals surface area contributed by atoms with Crippen LogP contribution in [0.3, 0.4) is 0 Å². The van der Waals surface area contributed by atoms with E-state index in [9.17, 15) is 19.0 Å². The standard InChI is InChI=1S/C43H76N3O8P/c1-13-32(29(2)3)15-14-31(6)37-18-19-38-36-17-16-33-26-34(20-22-42(33,7)39(36)21-23-43(37,38)8)54-41(48)45(30(4)5)27-35(53-40(47)44-9)28-52-55(49,50)51-25-24-46(10,11)12/h14-16,29-32,34-39H,13,17-28H2,1-12H3,(H-,44,47,49,50)/p+1/t31-,32-,34+,35?,36?,37-,38?,39?,42+,43-/m1/s1. The highest BCUT2D eigenvalue weighted by Crippen LogP contribution is 2.67. The van der Waals surface area contributed by atoms with Gasteiger partial charge in [0, 0.05) is 19.5 Å². The first-order chi connectivity index (χ1) is 25.6. The number of rotatable bonds is 17. The number of likely N-dealkylation sites (N-methyl/N-ethyl adjacent to an activating group) is 1. The Balaban J connectivity index is 1.39. The second-order valence-corrected chi connectivity index (χ2v) is 20.9. The number of hydrogen-bond donors (Lipinski definition) is 2. The molecule has 4 aliphatic carbocycles. The van der Waals surface area contributed by atoms with Crippen molar-refractivity contribution in [3.05, 3.63) is 23.8 Å². The number of carbonyl (C=O) groups is 2. The molecule has 0 spiro atoms. The van der Waals surface area contributed by atoms with Crippen LogP contribution >= 0.6 is 7.82 Å². The summed E-state index contributed by atoms with van der Waals surface area (Å²) in [7, 11) is 2.82. The SMILES string of the molecule is CC[C@H](C=C[C@@H](C)[C@H]1CCC2C3CC=C4C[C@@H](OC(=O)N(CC(COP(=O)(O)OCC[N+](C)(C)C)OC(=O)NC)C(C)C)CC[C@]4(C)C3CC[C@@]21C)C(C)C. The van der Waals surface area contributed by atoms with Gasteiger partial charge in [-0.15, -0.1) is 0 Å². The van der Waals surface area contributed by atoms with Crippen LogP contribution in [0.15, 0.2) is 23.8 Å². The zero-order chi connectivity index (χ0) is 40.9. The largest absolute Gasteiger partial charge is 0.472 e. The Bertz CT molecular complexity index is 1410. The minimum Gasteiger partial charge on any atom is -0.446 e. The molecule has 0 radical (unpaired) electrons. The molecule has 4 rings (SSSR count). The van der Waals surface area contributed by atoms with E-state index < -0.39 is 32.7 Å². The van der Waals surface area contributed by atoms with Crippen LogP contribution in [-0.4, -0.2) is 99.2 Å². The molecule has 0 aliphatic heterocycles. The molecular formula is C43H77N3O8P+. The van der Waals surface area contributed by atoms with E-state index in [4.69, 9.17) is 18.5 Å². The highest BCUT2D eigenvalue weighted by Gasteiger charge is 2.59. The number of allylic oxidation sites excluding steroid dienone is 3. The third-order valence-corrected chi connectivity index (χ3v) is 15.2. The normalized spacial score (nSPS) is 32.1. The van der Waals surface area contributed by atoms with E-state index in [1.165, 1.54) is 49.6 Å². The van der Waals surface area contributed by atoms with Gasteiger partial charge in [0.2, 0.25) is 0 Å². The Morgan fingerprint density at radius 1 is 1.04 bits per heavy atom. The van der Waals surface area contributed by atoms with E-state index >= 15 is 0 Å². The fraction of sp³-hybridized carbons (Fsp3) is 0.860. The molecule has 0 heterocycles. The number of carbonyl (C=O) groups excluding carboxylic acids is 2. The molecule has 12 heteroatoms. The number of amides is 2. The summed E-state index contributed by atoms with van der Waals surface area (Å²) in [6.45, 7) is 18.3. The van der Waals surface area contributed by atoms with E-state index in [0.717, 1.165) is 37.5 Å². The lowest BCUT2D eigenvalue weighted by atomic mass is 9.47. The van der Waals surface area contributed by atoms with Gasteiger partial charge < -0.3 is 29.1 Å². The molecule has 11 nitrogen and oxygen atoms in total. The van der Waals surface area contributed by atoms with E-state index in [0.29, 0.717) is 46.0 Å². The Morgan fingerprint density at radius 3 is 2.36 bits per heavy atom. The van der Waals surface area contributed by atoms with E-state index in [1.54, 1.807) is 0 Å². The molecule has 0 saturated heterocycles. The molecule has 4 aliphatic rings. The van der Waals surface area contributed by atoms with Crippen molar-refractivity contribution in [2.45, 2.75) is 131 Å². The van der Waals surface area contributed by atoms with Crippen molar-refractivity contribution >= 4 is 20.0 Å². The third-order valence-electron chi connectivity index (χ3n) is 14.2. The van der Waals surface area contributed by atoms with Gasteiger partial charge in [0.1, 0.15) is 25.4 Å². The maximum absolute atomic E-state index is 13.8. The Kier molecular flexibility index (Phi) is 15.6. The number of quaternary nitrogens is 1. The molecular weight excluding hydrogens is 717 g/mol. The lowest BCUT2D eigenvalue weighted by Crippen LogP contribution is -2.51. The number of nitrogens with one attached hydrogen (secondary N) is 1. The maximum Gasteiger partial charge on any atom is 0.472 e. The van der Waals surface area contributed by atoms with Crippen molar-refractivity contribution in [1.82, 2.24) is 10.2 Å². The van der Waals surface area contributed by atoms with Crippen LogP contribution in [0.5, 0.6) is 0 Å². The Morgan fingerprint density at radius 2 is 1.75 bits per heavy atom. The quantitative estimate of drug-likeness (QED) is 0.0849. The van der Waals surface area contributed by atoms with Gasteiger partial charge in [-0.1, -0.05) is 65.3 Å². The molecule has 0 aromatic rings. The number of hydrogen-bond acceptors (Lipinski definition) is 7. The van der Waals surface area contributed by atoms with Gasteiger partial charge in [0.15, 0.2) is 0 Å². The molecule has 55 heavy (non-hydrogen) atoms. The molecule has 11 atom stereocenters. The molecule has 2 amide bonds. The van der Waals surface area contributed by atoms with Crippen LogP contribution in [0.1, 0.15) is 113 Å². The maximum atomic E-state index is 13.8. The van der Waals surface area contributed by atoms with Crippen molar-refractivity contribution in [3.8, 4) is 0 Å². The van der Waals surface area contributed by atoms with Gasteiger partial charge in [-0.3, -0.25) is 9.05 Å². The van der Waals surface area contributed by atoms with Crippen LogP contribution in [0, 0.1) is 52.3 Å². The molecule has 5 unspecified atom stereocenters. The van der Waals surface area contributed by atoms with Crippen molar-refractivity contribution in [2.24, 2.45) is 52.3 Å². The summed E-state index contributed by atoms with van der Waals surface area (Å²) in [5.41, 5.74) is 1.95. The van der Waals surface area contributed by atoms with Gasteiger partial charge in [-0.25, -0.2) is 14.2 Å². The van der Waals surface area contributed by atoms with Crippen molar-refractivity contribution < 1.29 is 42.1 Å². The molecule has 316 valence electrons. The second-order valence-electron chi connectivity index (χ2n) is 19.4. The third kappa shape index (κ3) is 11.4. The van der Waals surface area contributed by atoms with Crippen LogP contribution in [0.25, 0.3) is 0 Å². The van der Waals surface area contributed by atoms with Crippen LogP contribution in [0.2, 0.25) is 0 Å². The predicted molar refractivity (Wildman–Crippen MR) is 218 cm³/mol. The minimum atomic E-state index is -4.43. The summed E-state index contributed by atoms with van der Waals surface area (Å²) >= 11 is 0. The summed E-state index contributed by atoms with van der Waals surface area (Å²) in [6.07, 6.45) is 15.1. The zero-order valence-corrected chi connectivity index (χ0v) is 37.2. The van der Waals surface area contributed by atoms with E-state index in [2.05, 4.69) is 65.1 Å². The van der Waals surface area contributed by atoms with Crippen LogP contribution in [-0.2, 0) is 23.1 Å². The first-order valence-electron chi connectivity index (χ1n) is 21.3. The number of phosphoric acid groups is 1. The average molecular weight is 795 g/mol. The number of nitrogens with zero attached hydrogens (tertiary/aromatic N) is 2. The molecule has 3 fully saturated rings. The summed E-state index contributed by atoms with van der Waals surface area (Å²) < 4.78 is 35.2. The number of alkyl carbamates (subject to hydrolysis) is 1. The van der Waals surface area contributed by atoms with Crippen molar-refractivity contribution in [2.75, 3.05) is 54.5 Å². The summed E-state index contributed by atoms with van der Waals surface area (Å²) in [4.78, 5) is 37.8. The Hall–Kier alpha value is -1.91. The minimum absolute atomic E-state index is 0.0106. The molecule has 2 N–H and O–H groups in total. The second kappa shape index (κ2) is 18.8. The smallest absolute Gasteiger partial charge is 0.446 e. The highest BCUT2D eigenvalue weighted by atomic mass is 31.2. The summed E-state index contributed by atoms with van der Waals surface area (Å²) in [5.74, 6) is 4.80. The summed E-state index contributed by atoms with van der Waals surface area (Å²) in [6, 6.07) is -0.290. The average Bonchev–Trinajstić information content (AvgIpc) is 3.46. The van der Waals surface area contributed by atoms with Crippen molar-refractivity contribution in [3.63, 3.8) is 0 Å². The van der Waals surface area contributed by atoms with Gasteiger partial charge in [0.25, 0.3) is 0 Å². The first-order valence-corrected chi connectivity index (χ1v) is 22.8. The highest BCUT2D eigenvalue weighted by molar-refractivity contribution is 7.47. The first kappa shape index (κ1) is 45.8. The van der Waals surface area contributed by atoms with Gasteiger partial charge in [-0.2, -0.15) is 0 Å². The molecule has 0 bridgehead atoms. The van der Waals surface area contributed by atoms with Crippen LogP contribution < -0.4 is 5.32 Å². The van der Waals surface area contributed by atoms with E-state index in [-0.39, 0.29) is 30.7 Å². The van der Waals surface area contributed by atoms with Gasteiger partial charge in [0.05, 0.1) is 34.3 Å². The monoisotopic (exact) mass is 795 g/mol. The number of phosphoric ester groups is 1. The predicted octanol–water partition coefficient (Wildman–Crippen LogP) is 9.22. The lowest BCUT2D eigenvalue weighted by molar-refractivity contribution is -0.870. The van der Waals surface area contributed by atoms with Gasteiger partial charge in [-0.05, 0) is 117 Å². The fourth-order valence-electron chi connectivity index (χ4n) is 10.8.